The number of hydrogen-bond donors (Lipinski definition) is 1. The average Bonchev–Trinajstić information content (AvgIpc) is 2.85. The quantitative estimate of drug-likeness (QED) is 0.300. The molecule has 0 radical (unpaired) electrons. The van der Waals surface area contributed by atoms with Crippen molar-refractivity contribution in [1.82, 2.24) is 0 Å². The number of hydrogen-bond acceptors (Lipinski definition) is 3. The predicted octanol–water partition coefficient (Wildman–Crippen LogP) is 8.70. The average molecular weight is 1530 g/mol. The number of Topliss-reactive ketones (excluding diaryl/α,β-unsaturated/α-hetero) is 1. The van der Waals surface area contributed by atoms with Crippen LogP contribution in [0.1, 0.15) is 97.4 Å². The van der Waals surface area contributed by atoms with Gasteiger partial charge in [0.1, 0.15) is 5.78 Å². The van der Waals surface area contributed by atoms with Gasteiger partial charge in [-0.05, 0) is 30.6 Å². The summed E-state index contributed by atoms with van der Waals surface area (Å²) in [6.45, 7) is 16.6. The van der Waals surface area contributed by atoms with Gasteiger partial charge in [-0.2, -0.15) is 0 Å². The van der Waals surface area contributed by atoms with Gasteiger partial charge < -0.3 is 31.1 Å². The van der Waals surface area contributed by atoms with Crippen LogP contribution < -0.4 is 0 Å². The number of carbonyl (C=O) groups is 1. The summed E-state index contributed by atoms with van der Waals surface area (Å²) in [5, 5.41) is 25.5. The zero-order valence-electron chi connectivity index (χ0n) is 25.0. The summed E-state index contributed by atoms with van der Waals surface area (Å²) in [5.74, 6) is 2.48. The number of piperidine rings is 4. The van der Waals surface area contributed by atoms with Crippen molar-refractivity contribution < 1.29 is 143 Å². The maximum absolute atomic E-state index is 12.5. The van der Waals surface area contributed by atoms with Crippen molar-refractivity contribution in [2.75, 3.05) is 59.5 Å². The first-order chi connectivity index (χ1) is 16.7. The number of rotatable bonds is 2. The van der Waals surface area contributed by atoms with E-state index >= 15 is 0 Å². The monoisotopic (exact) mass is 1530 g/mol. The van der Waals surface area contributed by atoms with Crippen molar-refractivity contribution in [2.45, 2.75) is 116 Å². The molecule has 0 spiro atoms. The number of nitrogens with zero attached hydrogens (tertiary/aromatic N) is 4. The summed E-state index contributed by atoms with van der Waals surface area (Å²) in [5.41, 5.74) is 0. The van der Waals surface area contributed by atoms with E-state index in [1.807, 2.05) is 6.92 Å². The summed E-state index contributed by atoms with van der Waals surface area (Å²) in [7, 11) is 1.77. The molecule has 0 aromatic heterocycles. The van der Waals surface area contributed by atoms with E-state index in [2.05, 4.69) is 42.0 Å². The number of carbonyl (C=O) groups excluding carboxylic acids is 1. The first-order valence-corrected chi connectivity index (χ1v) is 13.6. The molecule has 4 rings (SSSR count). The second-order valence-electron chi connectivity index (χ2n) is 10.7. The molecule has 8 unspecified atom stereocenters. The number of ether oxygens (including phenoxy) is 1. The Morgan fingerprint density at radius 2 is 1.02 bits per heavy atom. The molecule has 0 saturated carbocycles. The third kappa shape index (κ3) is 31.5. The maximum atomic E-state index is 12.5. The van der Waals surface area contributed by atoms with Crippen LogP contribution in [0, 0.1) is 154 Å². The normalized spacial score (nSPS) is 29.6. The Labute approximate surface area is 370 Å². The Balaban J connectivity index is -0.0000000498. The number of alkyl halides is 1. The molecular weight excluding hydrogens is 1460 g/mol. The van der Waals surface area contributed by atoms with Crippen molar-refractivity contribution in [1.29, 1.82) is 0 Å². The number of aliphatic hydroxyl groups excluding tert-OH is 1. The van der Waals surface area contributed by atoms with Crippen molar-refractivity contribution in [2.24, 2.45) is 29.6 Å². The minimum atomic E-state index is -0.663. The third-order valence-corrected chi connectivity index (χ3v) is 7.65. The van der Waals surface area contributed by atoms with Gasteiger partial charge in [0.05, 0.1) is 6.17 Å². The Kier molecular flexibility index (Phi) is 67.4. The molecular formula is C32H71FN4O3U4-4. The third-order valence-electron chi connectivity index (χ3n) is 7.65. The van der Waals surface area contributed by atoms with Gasteiger partial charge in [0.15, 0.2) is 0 Å². The molecule has 264 valence electrons. The van der Waals surface area contributed by atoms with E-state index < -0.39 is 6.17 Å². The summed E-state index contributed by atoms with van der Waals surface area (Å²) >= 11 is 0. The molecule has 4 aliphatic heterocycles. The van der Waals surface area contributed by atoms with E-state index in [1.165, 1.54) is 6.42 Å². The van der Waals surface area contributed by atoms with Crippen LogP contribution >= 0.6 is 0 Å². The van der Waals surface area contributed by atoms with Crippen molar-refractivity contribution in [3.63, 3.8) is 0 Å². The minimum absolute atomic E-state index is 0. The van der Waals surface area contributed by atoms with Crippen molar-refractivity contribution >= 4 is 5.78 Å². The Morgan fingerprint density at radius 3 is 1.27 bits per heavy atom. The molecule has 7 nitrogen and oxygen atoms in total. The zero-order valence-corrected chi connectivity index (χ0v) is 41.7. The molecule has 0 aromatic rings. The zero-order chi connectivity index (χ0) is 26.2. The van der Waals surface area contributed by atoms with E-state index in [1.54, 1.807) is 14.0 Å². The van der Waals surface area contributed by atoms with E-state index in [0.717, 1.165) is 58.5 Å². The van der Waals surface area contributed by atoms with Crippen molar-refractivity contribution in [3.05, 3.63) is 21.3 Å². The second kappa shape index (κ2) is 42.7. The molecule has 0 bridgehead atoms. The molecule has 4 fully saturated rings. The smallest absolute Gasteiger partial charge is 0.131 e. The summed E-state index contributed by atoms with van der Waals surface area (Å²) < 4.78 is 17.7. The standard InChI is InChI=1S/C8H14NO.C7H14NO.C6H11FN.C6H12NO.5CH4.4U/c1-6-3-4-9-5-8(6)7(2)10;1-6-3-4-8-5-7(6)9-2;1-5-2-3-8-4-6(5)7;1-5-2-3-7-4-6(5)8;;;;;;;;;/h6,8H,3-5H2,1-2H3;6-7H,3-5H2,1-2H3;5-6H,2-4H2,1H3;5-6,8H,2-4H2,1H3;5*1H4;;;;/q4*-1;;;;;;;;;. The second-order valence-corrected chi connectivity index (χ2v) is 10.7. The number of aliphatic hydroxyl groups is 1. The molecule has 44 heavy (non-hydrogen) atoms. The molecule has 0 amide bonds. The maximum Gasteiger partial charge on any atom is 0.131 e. The van der Waals surface area contributed by atoms with Crippen LogP contribution in [-0.4, -0.2) is 88.7 Å². The fourth-order valence-corrected chi connectivity index (χ4v) is 4.38. The Hall–Kier alpha value is 3.57. The van der Waals surface area contributed by atoms with Crippen LogP contribution in [0.2, 0.25) is 0 Å². The summed E-state index contributed by atoms with van der Waals surface area (Å²) in [6, 6.07) is 0. The van der Waals surface area contributed by atoms with Gasteiger partial charge in [-0.15, -0.1) is 52.4 Å². The number of ketones is 1. The van der Waals surface area contributed by atoms with E-state index in [9.17, 15) is 9.18 Å². The van der Waals surface area contributed by atoms with Gasteiger partial charge in [0.2, 0.25) is 0 Å². The molecule has 4 heterocycles. The van der Waals surface area contributed by atoms with Gasteiger partial charge in [-0.1, -0.05) is 90.5 Å². The van der Waals surface area contributed by atoms with Gasteiger partial charge in [0.25, 0.3) is 0 Å². The van der Waals surface area contributed by atoms with Crippen LogP contribution in [-0.2, 0) is 9.53 Å². The number of halogens is 1. The molecule has 1 N–H and O–H groups in total. The van der Waals surface area contributed by atoms with Gasteiger partial charge in [0, 0.05) is 150 Å². The Morgan fingerprint density at radius 1 is 0.636 bits per heavy atom. The largest absolute Gasteiger partial charge is 0.662 e. The van der Waals surface area contributed by atoms with Crippen LogP contribution in [0.5, 0.6) is 0 Å². The molecule has 4 saturated heterocycles. The molecule has 8 atom stereocenters. The van der Waals surface area contributed by atoms with Crippen LogP contribution in [0.15, 0.2) is 0 Å². The van der Waals surface area contributed by atoms with Gasteiger partial charge in [-0.3, -0.25) is 4.79 Å². The predicted molar refractivity (Wildman–Crippen MR) is 177 cm³/mol. The first kappa shape index (κ1) is 69.3. The fraction of sp³-hybridized carbons (Fsp3) is 0.969. The van der Waals surface area contributed by atoms with Crippen LogP contribution in [0.4, 0.5) is 4.39 Å². The van der Waals surface area contributed by atoms with E-state index in [0.29, 0.717) is 42.7 Å². The Bertz CT molecular complexity index is 538. The van der Waals surface area contributed by atoms with Crippen LogP contribution in [0.25, 0.3) is 21.3 Å². The summed E-state index contributed by atoms with van der Waals surface area (Å²) in [4.78, 5) is 10.9. The van der Waals surface area contributed by atoms with E-state index in [-0.39, 0.29) is 180 Å². The molecule has 4 aliphatic rings. The van der Waals surface area contributed by atoms with Crippen molar-refractivity contribution in [3.8, 4) is 0 Å². The minimum Gasteiger partial charge on any atom is -0.662 e. The van der Waals surface area contributed by atoms with Gasteiger partial charge in [-0.25, -0.2) is 4.39 Å². The van der Waals surface area contributed by atoms with Crippen LogP contribution in [0.3, 0.4) is 0 Å². The molecule has 0 aromatic carbocycles. The topological polar surface area (TPSA) is 103 Å². The SMILES string of the molecule is C.C.C.C.C.CC(=O)C1C[N-]CCC1C.CC1CC[N-]CC1F.CC1CC[N-]CC1O.COC1C[N-]CCC1C.[U].[U].[U].[U]. The molecule has 0 aliphatic carbocycles. The first-order valence-electron chi connectivity index (χ1n) is 13.6. The summed E-state index contributed by atoms with van der Waals surface area (Å²) in [6.07, 6.45) is 3.83. The molecule has 12 heteroatoms. The fourth-order valence-electron chi connectivity index (χ4n) is 4.38. The van der Waals surface area contributed by atoms with Gasteiger partial charge >= 0.3 is 0 Å². The number of methoxy groups -OCH3 is 1. The van der Waals surface area contributed by atoms with E-state index in [4.69, 9.17) is 9.84 Å².